The van der Waals surface area contributed by atoms with Crippen molar-refractivity contribution in [3.05, 3.63) is 56.2 Å². The Morgan fingerprint density at radius 1 is 0.781 bits per heavy atom. The van der Waals surface area contributed by atoms with Crippen LogP contribution in [0.4, 0.5) is 0 Å². The van der Waals surface area contributed by atoms with Gasteiger partial charge in [-0.2, -0.15) is 21.0 Å². The van der Waals surface area contributed by atoms with Crippen molar-refractivity contribution < 1.29 is 0 Å². The molecule has 32 heavy (non-hydrogen) atoms. The van der Waals surface area contributed by atoms with Gasteiger partial charge < -0.3 is 5.32 Å². The Hall–Kier alpha value is -4.30. The smallest absolute Gasteiger partial charge is 0.266 e. The van der Waals surface area contributed by atoms with Crippen LogP contribution in [-0.4, -0.2) is 6.54 Å². The van der Waals surface area contributed by atoms with Gasteiger partial charge in [-0.05, 0) is 56.1 Å². The molecule has 0 aliphatic heterocycles. The van der Waals surface area contributed by atoms with Crippen molar-refractivity contribution in [3.8, 4) is 30.3 Å². The first-order valence-electron chi connectivity index (χ1n) is 10.7. The number of nitrogens with one attached hydrogen (secondary N) is 1. The van der Waals surface area contributed by atoms with E-state index >= 15 is 0 Å². The molecule has 7 nitrogen and oxygen atoms in total. The van der Waals surface area contributed by atoms with Gasteiger partial charge in [0.05, 0.1) is 35.9 Å². The molecule has 0 amide bonds. The number of nitriles is 5. The van der Waals surface area contributed by atoms with E-state index in [0.29, 0.717) is 41.6 Å². The molecule has 0 atom stereocenters. The van der Waals surface area contributed by atoms with Gasteiger partial charge in [0.2, 0.25) is 0 Å². The van der Waals surface area contributed by atoms with Crippen LogP contribution in [0.15, 0.2) is 44.8 Å². The fourth-order valence-corrected chi connectivity index (χ4v) is 4.17. The molecule has 0 saturated heterocycles. The third kappa shape index (κ3) is 5.65. The number of allylic oxidation sites excluding steroid dienone is 8. The van der Waals surface area contributed by atoms with Gasteiger partial charge in [-0.15, -0.1) is 0 Å². The minimum Gasteiger partial charge on any atom is -0.387 e. The molecule has 7 heteroatoms. The van der Waals surface area contributed by atoms with Crippen LogP contribution in [0, 0.1) is 63.2 Å². The summed E-state index contributed by atoms with van der Waals surface area (Å²) in [6.45, 7) is 7.82. The third-order valence-electron chi connectivity index (χ3n) is 5.81. The van der Waals surface area contributed by atoms with Crippen LogP contribution in [0.5, 0.6) is 0 Å². The first-order valence-corrected chi connectivity index (χ1v) is 10.7. The number of rotatable bonds is 9. The Kier molecular flexibility index (Phi) is 9.30. The van der Waals surface area contributed by atoms with Crippen LogP contribution in [0.2, 0.25) is 0 Å². The van der Waals surface area contributed by atoms with E-state index in [0.717, 1.165) is 62.8 Å². The molecule has 158 valence electrons. The van der Waals surface area contributed by atoms with Crippen molar-refractivity contribution in [1.82, 2.24) is 5.32 Å². The lowest BCUT2D eigenvalue weighted by Crippen LogP contribution is -2.14. The monoisotopic (exact) mass is 421 g/mol. The van der Waals surface area contributed by atoms with Crippen molar-refractivity contribution >= 4 is 0 Å². The van der Waals surface area contributed by atoms with Crippen LogP contribution in [0.25, 0.3) is 4.85 Å². The molecule has 0 aromatic heterocycles. The van der Waals surface area contributed by atoms with Gasteiger partial charge >= 0.3 is 0 Å². The first kappa shape index (κ1) is 24.0. The van der Waals surface area contributed by atoms with Crippen LogP contribution < -0.4 is 5.32 Å². The Balaban J connectivity index is 1.74. The average Bonchev–Trinajstić information content (AvgIpc) is 3.41. The molecular weight excluding hydrogens is 398 g/mol. The maximum Gasteiger partial charge on any atom is 0.266 e. The van der Waals surface area contributed by atoms with Crippen LogP contribution in [0.3, 0.4) is 0 Å². The zero-order valence-corrected chi connectivity index (χ0v) is 18.0. The van der Waals surface area contributed by atoms with E-state index in [1.165, 1.54) is 0 Å². The topological polar surface area (TPSA) is 135 Å². The summed E-state index contributed by atoms with van der Waals surface area (Å²) in [4.78, 5) is 3.22. The SMILES string of the molecule is [C-]#[N+]/C(C#N)=C1\CCC(NCCCCCCCC2=C(C#N)C(=C(C#N)C#N)CC2)=C1C#N. The Morgan fingerprint density at radius 2 is 1.44 bits per heavy atom. The summed E-state index contributed by atoms with van der Waals surface area (Å²) in [5, 5.41) is 49.3. The quantitative estimate of drug-likeness (QED) is 0.311. The molecule has 0 bridgehead atoms. The maximum atomic E-state index is 9.42. The van der Waals surface area contributed by atoms with Crippen molar-refractivity contribution in [3.63, 3.8) is 0 Å². The number of nitrogens with zero attached hydrogens (tertiary/aromatic N) is 6. The Labute approximate surface area is 189 Å². The predicted octanol–water partition coefficient (Wildman–Crippen LogP) is 5.14. The molecule has 2 aliphatic carbocycles. The zero-order chi connectivity index (χ0) is 23.3. The largest absolute Gasteiger partial charge is 0.387 e. The van der Waals surface area contributed by atoms with Gasteiger partial charge in [-0.1, -0.05) is 24.8 Å². The van der Waals surface area contributed by atoms with Gasteiger partial charge in [0.15, 0.2) is 0 Å². The average molecular weight is 422 g/mol. The Morgan fingerprint density at radius 3 is 2.06 bits per heavy atom. The highest BCUT2D eigenvalue weighted by atomic mass is 14.9. The van der Waals surface area contributed by atoms with Gasteiger partial charge in [0.1, 0.15) is 17.7 Å². The van der Waals surface area contributed by atoms with E-state index in [2.05, 4.69) is 22.3 Å². The predicted molar refractivity (Wildman–Crippen MR) is 117 cm³/mol. The van der Waals surface area contributed by atoms with Gasteiger partial charge in [0.25, 0.3) is 5.70 Å². The highest BCUT2D eigenvalue weighted by Crippen LogP contribution is 2.36. The van der Waals surface area contributed by atoms with E-state index in [9.17, 15) is 10.5 Å². The van der Waals surface area contributed by atoms with Crippen LogP contribution >= 0.6 is 0 Å². The number of hydrogen-bond donors (Lipinski definition) is 1. The summed E-state index contributed by atoms with van der Waals surface area (Å²) in [6, 6.07) is 9.97. The van der Waals surface area contributed by atoms with Crippen LogP contribution in [-0.2, 0) is 0 Å². The normalized spacial score (nSPS) is 16.4. The molecule has 0 spiro atoms. The van der Waals surface area contributed by atoms with Gasteiger partial charge in [0, 0.05) is 12.2 Å². The second-order valence-corrected chi connectivity index (χ2v) is 7.63. The van der Waals surface area contributed by atoms with Crippen molar-refractivity contribution in [1.29, 1.82) is 26.3 Å². The van der Waals surface area contributed by atoms with Gasteiger partial charge in [-0.3, -0.25) is 0 Å². The molecule has 0 radical (unpaired) electrons. The molecule has 0 aromatic carbocycles. The van der Waals surface area contributed by atoms with Crippen molar-refractivity contribution in [2.24, 2.45) is 0 Å². The lowest BCUT2D eigenvalue weighted by Gasteiger charge is -2.08. The fourth-order valence-electron chi connectivity index (χ4n) is 4.17. The molecule has 0 aromatic rings. The van der Waals surface area contributed by atoms with Gasteiger partial charge in [-0.25, -0.2) is 10.1 Å². The summed E-state index contributed by atoms with van der Waals surface area (Å²) in [6.07, 6.45) is 8.47. The highest BCUT2D eigenvalue weighted by molar-refractivity contribution is 5.58. The minimum absolute atomic E-state index is 0.00867. The standard InChI is InChI=1S/C25H23N7/c1-31-25(17-30)21-10-11-24(23(21)16-29)32-12-6-4-2-3-5-7-18-8-9-20(22(18)15-28)19(13-26)14-27/h32H,2-12H2/b25-21+. The van der Waals surface area contributed by atoms with E-state index < -0.39 is 0 Å². The van der Waals surface area contributed by atoms with Crippen molar-refractivity contribution in [2.75, 3.05) is 6.54 Å². The summed E-state index contributed by atoms with van der Waals surface area (Å²) in [7, 11) is 0. The summed E-state index contributed by atoms with van der Waals surface area (Å²) in [5.41, 5.74) is 4.10. The molecule has 0 heterocycles. The van der Waals surface area contributed by atoms with E-state index in [4.69, 9.17) is 22.4 Å². The molecule has 1 N–H and O–H groups in total. The molecule has 0 saturated carbocycles. The first-order chi connectivity index (χ1) is 15.6. The van der Waals surface area contributed by atoms with Crippen molar-refractivity contribution in [2.45, 2.75) is 64.2 Å². The maximum absolute atomic E-state index is 9.42. The highest BCUT2D eigenvalue weighted by Gasteiger charge is 2.24. The molecule has 2 rings (SSSR count). The number of hydrogen-bond acceptors (Lipinski definition) is 6. The third-order valence-corrected chi connectivity index (χ3v) is 5.81. The summed E-state index contributed by atoms with van der Waals surface area (Å²) >= 11 is 0. The molecule has 2 aliphatic rings. The zero-order valence-electron chi connectivity index (χ0n) is 18.0. The second-order valence-electron chi connectivity index (χ2n) is 7.63. The summed E-state index contributed by atoms with van der Waals surface area (Å²) < 4.78 is 0. The van der Waals surface area contributed by atoms with E-state index in [-0.39, 0.29) is 11.3 Å². The second kappa shape index (κ2) is 12.4. The van der Waals surface area contributed by atoms with E-state index in [1.54, 1.807) is 0 Å². The Bertz CT molecular complexity index is 1010. The lowest BCUT2D eigenvalue weighted by molar-refractivity contribution is 0.591. The molecule has 0 unspecified atom stereocenters. The number of unbranched alkanes of at least 4 members (excludes halogenated alkanes) is 4. The fraction of sp³-hybridized carbons (Fsp3) is 0.440. The molecule has 0 fully saturated rings. The molecular formula is C25H23N7. The lowest BCUT2D eigenvalue weighted by atomic mass is 10.0. The minimum atomic E-state index is 0.00867. The van der Waals surface area contributed by atoms with Crippen LogP contribution in [0.1, 0.15) is 64.2 Å². The summed E-state index contributed by atoms with van der Waals surface area (Å²) in [5.74, 6) is 0. The van der Waals surface area contributed by atoms with E-state index in [1.807, 2.05) is 18.2 Å².